The average Bonchev–Trinajstić information content (AvgIpc) is 2.70. The Bertz CT molecular complexity index is 840. The number of hydrogen-bond acceptors (Lipinski definition) is 7. The molecule has 148 valence electrons. The fraction of sp³-hybridized carbons (Fsp3) is 0.286. The lowest BCUT2D eigenvalue weighted by atomic mass is 10.1. The zero-order chi connectivity index (χ0) is 20.5. The van der Waals surface area contributed by atoms with Gasteiger partial charge in [-0.1, -0.05) is 13.8 Å². The first kappa shape index (κ1) is 21.0. The first-order valence-corrected chi connectivity index (χ1v) is 8.95. The molecule has 0 spiro atoms. The van der Waals surface area contributed by atoms with Gasteiger partial charge in [0.2, 0.25) is 0 Å². The first-order valence-electron chi connectivity index (χ1n) is 8.95. The number of esters is 3. The Morgan fingerprint density at radius 1 is 0.786 bits per heavy atom. The molecular weight excluding hydrogens is 364 g/mol. The summed E-state index contributed by atoms with van der Waals surface area (Å²) in [6.45, 7) is 4.12. The molecule has 2 aromatic rings. The standard InChI is InChI=1S/C21H22O7/c1-3-11-26-20(24)17-10-9-16(13-18(17)21(25)27-12-4-2)28-19(23)14-5-7-15(22)8-6-14/h5-10,13,22H,3-4,11-12H2,1-2H3. The summed E-state index contributed by atoms with van der Waals surface area (Å²) in [6, 6.07) is 9.57. The molecule has 1 N–H and O–H groups in total. The van der Waals surface area contributed by atoms with Crippen LogP contribution in [0.4, 0.5) is 0 Å². The Hall–Kier alpha value is -3.35. The Labute approximate surface area is 162 Å². The zero-order valence-corrected chi connectivity index (χ0v) is 15.8. The van der Waals surface area contributed by atoms with Crippen molar-refractivity contribution in [2.45, 2.75) is 26.7 Å². The maximum atomic E-state index is 12.3. The van der Waals surface area contributed by atoms with E-state index in [2.05, 4.69) is 0 Å². The molecular formula is C21H22O7. The number of rotatable bonds is 8. The second kappa shape index (κ2) is 10.1. The van der Waals surface area contributed by atoms with Crippen LogP contribution in [-0.2, 0) is 9.47 Å². The Morgan fingerprint density at radius 2 is 1.36 bits per heavy atom. The van der Waals surface area contributed by atoms with Crippen molar-refractivity contribution in [1.82, 2.24) is 0 Å². The number of carbonyl (C=O) groups excluding carboxylic acids is 3. The number of hydrogen-bond donors (Lipinski definition) is 1. The lowest BCUT2D eigenvalue weighted by molar-refractivity contribution is 0.0457. The van der Waals surface area contributed by atoms with Gasteiger partial charge in [0, 0.05) is 0 Å². The van der Waals surface area contributed by atoms with Crippen LogP contribution in [0.25, 0.3) is 0 Å². The maximum absolute atomic E-state index is 12.3. The van der Waals surface area contributed by atoms with Gasteiger partial charge in [-0.3, -0.25) is 0 Å². The molecule has 0 saturated carbocycles. The first-order chi connectivity index (χ1) is 13.5. The smallest absolute Gasteiger partial charge is 0.343 e. The molecule has 7 nitrogen and oxygen atoms in total. The zero-order valence-electron chi connectivity index (χ0n) is 15.8. The topological polar surface area (TPSA) is 99.1 Å². The summed E-state index contributed by atoms with van der Waals surface area (Å²) >= 11 is 0. The van der Waals surface area contributed by atoms with Crippen LogP contribution in [0.2, 0.25) is 0 Å². The van der Waals surface area contributed by atoms with Crippen molar-refractivity contribution in [3.63, 3.8) is 0 Å². The molecule has 2 aromatic carbocycles. The second-order valence-corrected chi connectivity index (χ2v) is 5.92. The van der Waals surface area contributed by atoms with Crippen molar-refractivity contribution in [2.24, 2.45) is 0 Å². The van der Waals surface area contributed by atoms with E-state index in [1.54, 1.807) is 0 Å². The highest BCUT2D eigenvalue weighted by Crippen LogP contribution is 2.22. The summed E-state index contributed by atoms with van der Waals surface area (Å²) in [4.78, 5) is 36.8. The highest BCUT2D eigenvalue weighted by molar-refractivity contribution is 6.03. The fourth-order valence-electron chi connectivity index (χ4n) is 2.24. The molecule has 0 bridgehead atoms. The number of carbonyl (C=O) groups is 3. The van der Waals surface area contributed by atoms with Crippen LogP contribution < -0.4 is 4.74 Å². The molecule has 0 saturated heterocycles. The molecule has 28 heavy (non-hydrogen) atoms. The normalized spacial score (nSPS) is 10.2. The van der Waals surface area contributed by atoms with Crippen molar-refractivity contribution >= 4 is 17.9 Å². The third-order valence-corrected chi connectivity index (χ3v) is 3.62. The average molecular weight is 386 g/mol. The van der Waals surface area contributed by atoms with Crippen LogP contribution in [0.5, 0.6) is 11.5 Å². The minimum Gasteiger partial charge on any atom is -0.508 e. The van der Waals surface area contributed by atoms with Crippen LogP contribution in [0, 0.1) is 0 Å². The fourth-order valence-corrected chi connectivity index (χ4v) is 2.24. The van der Waals surface area contributed by atoms with Gasteiger partial charge >= 0.3 is 17.9 Å². The molecule has 0 fully saturated rings. The molecule has 2 rings (SSSR count). The number of phenolic OH excluding ortho intramolecular Hbond substituents is 1. The van der Waals surface area contributed by atoms with Gasteiger partial charge in [-0.2, -0.15) is 0 Å². The summed E-state index contributed by atoms with van der Waals surface area (Å²) in [5.74, 6) is -1.93. The minimum absolute atomic E-state index is 0.0208. The van der Waals surface area contributed by atoms with Gasteiger partial charge in [0.05, 0.1) is 29.9 Å². The van der Waals surface area contributed by atoms with Gasteiger partial charge in [-0.15, -0.1) is 0 Å². The molecule has 0 atom stereocenters. The predicted octanol–water partition coefficient (Wildman–Crippen LogP) is 3.75. The minimum atomic E-state index is -0.701. The van der Waals surface area contributed by atoms with E-state index in [-0.39, 0.29) is 41.4 Å². The van der Waals surface area contributed by atoms with E-state index in [1.807, 2.05) is 13.8 Å². The van der Waals surface area contributed by atoms with Gasteiger partial charge < -0.3 is 19.3 Å². The van der Waals surface area contributed by atoms with Crippen molar-refractivity contribution in [3.8, 4) is 11.5 Å². The molecule has 0 amide bonds. The van der Waals surface area contributed by atoms with Crippen LogP contribution >= 0.6 is 0 Å². The van der Waals surface area contributed by atoms with E-state index >= 15 is 0 Å². The quantitative estimate of drug-likeness (QED) is 0.545. The highest BCUT2D eigenvalue weighted by Gasteiger charge is 2.21. The number of benzene rings is 2. The van der Waals surface area contributed by atoms with Gasteiger partial charge in [0.25, 0.3) is 0 Å². The molecule has 0 aliphatic rings. The molecule has 0 aromatic heterocycles. The predicted molar refractivity (Wildman–Crippen MR) is 101 cm³/mol. The third-order valence-electron chi connectivity index (χ3n) is 3.62. The van der Waals surface area contributed by atoms with E-state index < -0.39 is 17.9 Å². The molecule has 0 aliphatic heterocycles. The molecule has 7 heteroatoms. The van der Waals surface area contributed by atoms with Crippen LogP contribution in [-0.4, -0.2) is 36.2 Å². The SMILES string of the molecule is CCCOC(=O)c1ccc(OC(=O)c2ccc(O)cc2)cc1C(=O)OCCC. The molecule has 0 radical (unpaired) electrons. The van der Waals surface area contributed by atoms with Crippen molar-refractivity contribution in [1.29, 1.82) is 0 Å². The summed E-state index contributed by atoms with van der Waals surface area (Å²) in [7, 11) is 0. The third kappa shape index (κ3) is 5.57. The maximum Gasteiger partial charge on any atom is 0.343 e. The van der Waals surface area contributed by atoms with E-state index in [0.717, 1.165) is 0 Å². The van der Waals surface area contributed by atoms with Gasteiger partial charge in [-0.05, 0) is 55.3 Å². The van der Waals surface area contributed by atoms with Crippen LogP contribution in [0.1, 0.15) is 57.8 Å². The molecule has 0 heterocycles. The monoisotopic (exact) mass is 386 g/mol. The van der Waals surface area contributed by atoms with E-state index in [1.165, 1.54) is 42.5 Å². The second-order valence-electron chi connectivity index (χ2n) is 5.92. The van der Waals surface area contributed by atoms with Crippen molar-refractivity contribution in [2.75, 3.05) is 13.2 Å². The van der Waals surface area contributed by atoms with E-state index in [9.17, 15) is 19.5 Å². The highest BCUT2D eigenvalue weighted by atomic mass is 16.5. The van der Waals surface area contributed by atoms with E-state index in [4.69, 9.17) is 14.2 Å². The Balaban J connectivity index is 2.27. The summed E-state index contributed by atoms with van der Waals surface area (Å²) in [6.07, 6.45) is 1.26. The van der Waals surface area contributed by atoms with Crippen LogP contribution in [0.15, 0.2) is 42.5 Å². The number of ether oxygens (including phenoxy) is 3. The Kier molecular flexibility index (Phi) is 7.56. The van der Waals surface area contributed by atoms with Gasteiger partial charge in [0.15, 0.2) is 0 Å². The van der Waals surface area contributed by atoms with Gasteiger partial charge in [-0.25, -0.2) is 14.4 Å². The number of phenols is 1. The molecule has 0 unspecified atom stereocenters. The largest absolute Gasteiger partial charge is 0.508 e. The number of aromatic hydroxyl groups is 1. The van der Waals surface area contributed by atoms with E-state index in [0.29, 0.717) is 12.8 Å². The van der Waals surface area contributed by atoms with Crippen molar-refractivity contribution in [3.05, 3.63) is 59.2 Å². The lowest BCUT2D eigenvalue weighted by Crippen LogP contribution is -2.16. The van der Waals surface area contributed by atoms with Gasteiger partial charge in [0.1, 0.15) is 11.5 Å². The Morgan fingerprint density at radius 3 is 1.93 bits per heavy atom. The lowest BCUT2D eigenvalue weighted by Gasteiger charge is -2.11. The van der Waals surface area contributed by atoms with Crippen LogP contribution in [0.3, 0.4) is 0 Å². The summed E-state index contributed by atoms with van der Waals surface area (Å²) in [5.41, 5.74) is 0.226. The van der Waals surface area contributed by atoms with Crippen molar-refractivity contribution < 1.29 is 33.7 Å². The molecule has 0 aliphatic carbocycles. The summed E-state index contributed by atoms with van der Waals surface area (Å²) < 4.78 is 15.5. The summed E-state index contributed by atoms with van der Waals surface area (Å²) in [5, 5.41) is 9.29.